The summed E-state index contributed by atoms with van der Waals surface area (Å²) in [5.74, 6) is 2.57. The minimum absolute atomic E-state index is 0. The molecular weight excluding hydrogens is 689 g/mol. The maximum atomic E-state index is 11.3. The Morgan fingerprint density at radius 3 is 1.16 bits per heavy atom. The zero-order valence-corrected chi connectivity index (χ0v) is 32.4. The van der Waals surface area contributed by atoms with E-state index in [0.717, 1.165) is 49.7 Å². The third-order valence-electron chi connectivity index (χ3n) is 7.68. The molecule has 49 heavy (non-hydrogen) atoms. The summed E-state index contributed by atoms with van der Waals surface area (Å²) in [6.07, 6.45) is 12.5. The molecule has 8 nitrogen and oxygen atoms in total. The molecule has 0 saturated heterocycles. The van der Waals surface area contributed by atoms with E-state index in [1.165, 1.54) is 49.9 Å². The number of benzene rings is 4. The predicted molar refractivity (Wildman–Crippen MR) is 193 cm³/mol. The minimum Gasteiger partial charge on any atom is -0.744 e. The summed E-state index contributed by atoms with van der Waals surface area (Å²) in [7, 11) is -8.92. The molecule has 0 N–H and O–H groups in total. The summed E-state index contributed by atoms with van der Waals surface area (Å²) in [4.78, 5) is -0.405. The van der Waals surface area contributed by atoms with E-state index in [0.29, 0.717) is 35.8 Å². The van der Waals surface area contributed by atoms with Crippen molar-refractivity contribution >= 4 is 58.0 Å². The summed E-state index contributed by atoms with van der Waals surface area (Å²) in [5.41, 5.74) is 1.51. The van der Waals surface area contributed by atoms with Crippen molar-refractivity contribution in [3.8, 4) is 23.0 Å². The van der Waals surface area contributed by atoms with Crippen LogP contribution in [-0.2, 0) is 33.1 Å². The van der Waals surface area contributed by atoms with Crippen molar-refractivity contribution in [2.24, 2.45) is 0 Å². The molecule has 0 aliphatic rings. The van der Waals surface area contributed by atoms with Crippen molar-refractivity contribution < 1.29 is 35.4 Å². The summed E-state index contributed by atoms with van der Waals surface area (Å²) >= 11 is 0. The first kappa shape index (κ1) is 42.7. The van der Waals surface area contributed by atoms with Crippen LogP contribution in [0.1, 0.15) is 89.2 Å². The van der Waals surface area contributed by atoms with E-state index in [9.17, 15) is 25.9 Å². The molecule has 0 fully saturated rings. The second kappa shape index (κ2) is 22.4. The molecule has 0 heterocycles. The van der Waals surface area contributed by atoms with Gasteiger partial charge >= 0.3 is 37.7 Å². The fourth-order valence-electron chi connectivity index (χ4n) is 5.08. The van der Waals surface area contributed by atoms with Crippen LogP contribution in [0.5, 0.6) is 23.0 Å². The van der Waals surface area contributed by atoms with Crippen LogP contribution in [0.25, 0.3) is 0 Å². The molecule has 0 aliphatic carbocycles. The normalized spacial score (nSPS) is 11.2. The van der Waals surface area contributed by atoms with E-state index in [2.05, 4.69) is 13.8 Å². The van der Waals surface area contributed by atoms with Gasteiger partial charge < -0.3 is 18.6 Å². The number of ether oxygens (including phenoxy) is 2. The first-order valence-electron chi connectivity index (χ1n) is 16.6. The van der Waals surface area contributed by atoms with Gasteiger partial charge in [-0.05, 0) is 97.5 Å². The van der Waals surface area contributed by atoms with Crippen LogP contribution in [0.3, 0.4) is 0 Å². The smallest absolute Gasteiger partial charge is 0.744 e. The van der Waals surface area contributed by atoms with Gasteiger partial charge in [0.05, 0.1) is 9.79 Å². The Morgan fingerprint density at radius 1 is 0.490 bits per heavy atom. The molecule has 0 radical (unpaired) electrons. The van der Waals surface area contributed by atoms with Crippen molar-refractivity contribution in [1.29, 1.82) is 0 Å². The third-order valence-corrected chi connectivity index (χ3v) is 9.35. The maximum Gasteiger partial charge on any atom is 2.00 e. The summed E-state index contributed by atoms with van der Waals surface area (Å²) < 4.78 is 79.4. The number of aryl methyl sites for hydroxylation is 2. The Morgan fingerprint density at radius 2 is 0.837 bits per heavy atom. The van der Waals surface area contributed by atoms with Crippen molar-refractivity contribution in [3.63, 3.8) is 0 Å². The second-order valence-electron chi connectivity index (χ2n) is 11.6. The maximum absolute atomic E-state index is 11.3. The quantitative estimate of drug-likeness (QED) is 0.0561. The van der Waals surface area contributed by atoms with Crippen molar-refractivity contribution in [2.75, 3.05) is 0 Å². The van der Waals surface area contributed by atoms with Crippen LogP contribution in [0.4, 0.5) is 0 Å². The molecule has 4 rings (SSSR count). The fraction of sp³-hybridized carbons (Fsp3) is 0.368. The van der Waals surface area contributed by atoms with Crippen molar-refractivity contribution in [3.05, 3.63) is 108 Å². The number of para-hydroxylation sites is 2. The molecule has 4 aromatic carbocycles. The summed E-state index contributed by atoms with van der Waals surface area (Å²) in [6.45, 7) is 4.32. The Labute approximate surface area is 322 Å². The van der Waals surface area contributed by atoms with Gasteiger partial charge in [-0.2, -0.15) is 0 Å². The predicted octanol–water partition coefficient (Wildman–Crippen LogP) is 9.41. The van der Waals surface area contributed by atoms with Crippen LogP contribution < -0.4 is 9.47 Å². The summed E-state index contributed by atoms with van der Waals surface area (Å²) in [5, 5.41) is 0. The number of hydrogen-bond acceptors (Lipinski definition) is 8. The second-order valence-corrected chi connectivity index (χ2v) is 14.4. The van der Waals surface area contributed by atoms with E-state index in [1.807, 2.05) is 60.7 Å². The Kier molecular flexibility index (Phi) is 19.5. The van der Waals surface area contributed by atoms with Gasteiger partial charge in [0, 0.05) is 0 Å². The minimum atomic E-state index is -4.46. The first-order valence-corrected chi connectivity index (χ1v) is 19.5. The van der Waals surface area contributed by atoms with E-state index < -0.39 is 20.2 Å². The zero-order valence-electron chi connectivity index (χ0n) is 28.5. The fourth-order valence-corrected chi connectivity index (χ4v) is 6.12. The van der Waals surface area contributed by atoms with Gasteiger partial charge in [-0.15, -0.1) is 0 Å². The standard InChI is InChI=1S/2C19H24O4S.Ca/c2*1-2-3-4-5-7-10-16-15-18(24(20,21)22)13-14-19(16)23-17-11-8-6-9-12-17;/h2*6,8-9,11-15H,2-5,7,10H2,1H3,(H,20,21,22);/q;;+2/p-2. The molecule has 0 aliphatic heterocycles. The average molecular weight is 735 g/mol. The number of hydrogen-bond donors (Lipinski definition) is 0. The van der Waals surface area contributed by atoms with Crippen LogP contribution in [0.2, 0.25) is 0 Å². The Balaban J connectivity index is 0.000000333. The van der Waals surface area contributed by atoms with E-state index in [4.69, 9.17) is 9.47 Å². The van der Waals surface area contributed by atoms with Crippen LogP contribution in [-0.4, -0.2) is 63.7 Å². The molecule has 4 aromatic rings. The third kappa shape index (κ3) is 16.0. The van der Waals surface area contributed by atoms with E-state index >= 15 is 0 Å². The molecule has 0 amide bonds. The van der Waals surface area contributed by atoms with Crippen LogP contribution in [0.15, 0.2) is 107 Å². The van der Waals surface area contributed by atoms with Gasteiger partial charge in [0.25, 0.3) is 0 Å². The molecule has 0 unspecified atom stereocenters. The molecular formula is C38H46CaO8S2. The molecule has 0 aromatic heterocycles. The van der Waals surface area contributed by atoms with Gasteiger partial charge in [-0.25, -0.2) is 16.8 Å². The van der Waals surface area contributed by atoms with E-state index in [-0.39, 0.29) is 47.5 Å². The molecule has 0 spiro atoms. The van der Waals surface area contributed by atoms with Crippen molar-refractivity contribution in [1.82, 2.24) is 0 Å². The van der Waals surface area contributed by atoms with Gasteiger partial charge in [0.1, 0.15) is 43.2 Å². The van der Waals surface area contributed by atoms with Gasteiger partial charge in [0.15, 0.2) is 0 Å². The number of rotatable bonds is 18. The molecule has 11 heteroatoms. The first-order chi connectivity index (χ1) is 23.0. The molecule has 0 atom stereocenters. The molecule has 0 saturated carbocycles. The van der Waals surface area contributed by atoms with Gasteiger partial charge in [-0.1, -0.05) is 102 Å². The Bertz CT molecular complexity index is 1620. The number of unbranched alkanes of at least 4 members (excludes halogenated alkanes) is 8. The summed E-state index contributed by atoms with van der Waals surface area (Å²) in [6, 6.07) is 27.3. The largest absolute Gasteiger partial charge is 2.00 e. The molecule has 260 valence electrons. The topological polar surface area (TPSA) is 133 Å². The van der Waals surface area contributed by atoms with Gasteiger partial charge in [-0.3, -0.25) is 0 Å². The molecule has 0 bridgehead atoms. The monoisotopic (exact) mass is 734 g/mol. The van der Waals surface area contributed by atoms with Gasteiger partial charge in [0.2, 0.25) is 0 Å². The van der Waals surface area contributed by atoms with Crippen LogP contribution >= 0.6 is 0 Å². The SMILES string of the molecule is CCCCCCCc1cc(S(=O)(=O)[O-])ccc1Oc1ccccc1.CCCCCCCc1cc(S(=O)(=O)[O-])ccc1Oc1ccccc1.[Ca+2]. The average Bonchev–Trinajstić information content (AvgIpc) is 3.06. The van der Waals surface area contributed by atoms with E-state index in [1.54, 1.807) is 12.1 Å². The van der Waals surface area contributed by atoms with Crippen LogP contribution in [0, 0.1) is 0 Å². The zero-order chi connectivity index (χ0) is 34.8. The van der Waals surface area contributed by atoms with Crippen molar-refractivity contribution in [2.45, 2.75) is 101 Å². The Hall–Kier alpha value is -2.44.